The van der Waals surface area contributed by atoms with Crippen molar-refractivity contribution in [1.29, 1.82) is 0 Å². The Morgan fingerprint density at radius 2 is 2.26 bits per heavy atom. The number of anilines is 1. The summed E-state index contributed by atoms with van der Waals surface area (Å²) in [5.41, 5.74) is 1.26. The minimum absolute atomic E-state index is 0.0943. The van der Waals surface area contributed by atoms with Gasteiger partial charge in [0.1, 0.15) is 10.6 Å². The summed E-state index contributed by atoms with van der Waals surface area (Å²) in [6, 6.07) is 0. The number of nitrogens with zero attached hydrogens (tertiary/aromatic N) is 2. The molecule has 23 heavy (non-hydrogen) atoms. The molecule has 1 aliphatic heterocycles. The summed E-state index contributed by atoms with van der Waals surface area (Å²) in [7, 11) is 1.71. The Morgan fingerprint density at radius 1 is 1.43 bits per heavy atom. The van der Waals surface area contributed by atoms with Crippen molar-refractivity contribution in [3.8, 4) is 0 Å². The fraction of sp³-hybridized carbons (Fsp3) is 0.625. The van der Waals surface area contributed by atoms with Gasteiger partial charge in [-0.25, -0.2) is 9.97 Å². The van der Waals surface area contributed by atoms with Crippen LogP contribution in [0, 0.1) is 0 Å². The molecule has 0 aliphatic carbocycles. The van der Waals surface area contributed by atoms with Crippen LogP contribution in [0.4, 0.5) is 5.82 Å². The Morgan fingerprint density at radius 3 is 2.96 bits per heavy atom. The van der Waals surface area contributed by atoms with Crippen LogP contribution in [0.1, 0.15) is 30.7 Å². The molecule has 2 aromatic rings. The van der Waals surface area contributed by atoms with Gasteiger partial charge in [0.05, 0.1) is 24.2 Å². The van der Waals surface area contributed by atoms with Crippen molar-refractivity contribution in [2.45, 2.75) is 44.1 Å². The van der Waals surface area contributed by atoms with E-state index in [9.17, 15) is 0 Å². The maximum atomic E-state index is 6.08. The molecule has 0 aromatic carbocycles. The summed E-state index contributed by atoms with van der Waals surface area (Å²) < 4.78 is 11.2. The Kier molecular flexibility index (Phi) is 5.10. The first-order chi connectivity index (χ1) is 11.1. The van der Waals surface area contributed by atoms with Crippen LogP contribution in [0.3, 0.4) is 0 Å². The number of hydrogen-bond donors (Lipinski definition) is 1. The summed E-state index contributed by atoms with van der Waals surface area (Å²) in [6.45, 7) is 6.44. The van der Waals surface area contributed by atoms with E-state index in [1.165, 1.54) is 15.8 Å². The van der Waals surface area contributed by atoms with Gasteiger partial charge in [0.2, 0.25) is 0 Å². The second-order valence-corrected chi connectivity index (χ2v) is 7.79. The molecule has 0 fully saturated rings. The third-order valence-corrected chi connectivity index (χ3v) is 5.99. The van der Waals surface area contributed by atoms with E-state index in [2.05, 4.69) is 19.2 Å². The van der Waals surface area contributed by atoms with Gasteiger partial charge in [0, 0.05) is 25.0 Å². The van der Waals surface area contributed by atoms with Crippen LogP contribution in [0.5, 0.6) is 0 Å². The Balaban J connectivity index is 2.07. The van der Waals surface area contributed by atoms with Crippen molar-refractivity contribution < 1.29 is 9.47 Å². The van der Waals surface area contributed by atoms with Gasteiger partial charge >= 0.3 is 0 Å². The van der Waals surface area contributed by atoms with E-state index in [0.29, 0.717) is 13.2 Å². The molecule has 5 nitrogen and oxygen atoms in total. The molecule has 1 N–H and O–H groups in total. The number of aromatic nitrogens is 2. The molecule has 0 radical (unpaired) electrons. The number of rotatable bonds is 6. The molecule has 0 unspecified atom stereocenters. The van der Waals surface area contributed by atoms with E-state index in [1.807, 2.05) is 6.26 Å². The molecule has 3 rings (SSSR count). The molecule has 1 aliphatic rings. The zero-order valence-corrected chi connectivity index (χ0v) is 15.7. The number of thiophene rings is 1. The molecular weight excluding hydrogens is 330 g/mol. The lowest BCUT2D eigenvalue weighted by atomic mass is 9.90. The molecule has 126 valence electrons. The first-order valence-electron chi connectivity index (χ1n) is 7.83. The van der Waals surface area contributed by atoms with E-state index < -0.39 is 0 Å². The number of thioether (sulfide) groups is 1. The largest absolute Gasteiger partial charge is 0.383 e. The van der Waals surface area contributed by atoms with Crippen molar-refractivity contribution >= 4 is 39.1 Å². The normalized spacial score (nSPS) is 20.7. The van der Waals surface area contributed by atoms with Crippen LogP contribution >= 0.6 is 23.1 Å². The molecule has 7 heteroatoms. The average Bonchev–Trinajstić information content (AvgIpc) is 2.92. The average molecular weight is 354 g/mol. The van der Waals surface area contributed by atoms with Crippen LogP contribution < -0.4 is 5.32 Å². The standard InChI is InChI=1S/C16H23N3O2S2/c1-5-16(2)8-10-11(9-21-16)23-14-12(10)13(17-6-7-20-3)18-15(19-14)22-4/h5-9H2,1-4H3,(H,17,18,19)/t16-/m1/s1. The molecule has 0 bridgehead atoms. The first-order valence-corrected chi connectivity index (χ1v) is 9.87. The van der Waals surface area contributed by atoms with E-state index >= 15 is 0 Å². The fourth-order valence-electron chi connectivity index (χ4n) is 2.77. The number of nitrogens with one attached hydrogen (secondary N) is 1. The SMILES string of the molecule is CC[C@]1(C)Cc2c(sc3nc(SC)nc(NCCOC)c23)CO1. The molecule has 0 amide bonds. The van der Waals surface area contributed by atoms with Crippen LogP contribution in [-0.4, -0.2) is 42.1 Å². The topological polar surface area (TPSA) is 56.3 Å². The quantitative estimate of drug-likeness (QED) is 0.485. The summed E-state index contributed by atoms with van der Waals surface area (Å²) in [5, 5.41) is 5.39. The highest BCUT2D eigenvalue weighted by molar-refractivity contribution is 7.98. The van der Waals surface area contributed by atoms with Crippen LogP contribution in [0.2, 0.25) is 0 Å². The van der Waals surface area contributed by atoms with E-state index in [0.717, 1.165) is 35.2 Å². The highest BCUT2D eigenvalue weighted by Crippen LogP contribution is 2.42. The fourth-order valence-corrected chi connectivity index (χ4v) is 4.30. The zero-order chi connectivity index (χ0) is 16.4. The maximum absolute atomic E-state index is 6.08. The second kappa shape index (κ2) is 6.93. The van der Waals surface area contributed by atoms with Crippen LogP contribution in [-0.2, 0) is 22.5 Å². The van der Waals surface area contributed by atoms with Crippen molar-refractivity contribution in [1.82, 2.24) is 9.97 Å². The zero-order valence-electron chi connectivity index (χ0n) is 14.1. The predicted molar refractivity (Wildman–Crippen MR) is 96.8 cm³/mol. The number of ether oxygens (including phenoxy) is 2. The smallest absolute Gasteiger partial charge is 0.190 e. The lowest BCUT2D eigenvalue weighted by molar-refractivity contribution is -0.0542. The first kappa shape index (κ1) is 17.0. The van der Waals surface area contributed by atoms with Gasteiger partial charge in [0.25, 0.3) is 0 Å². The number of fused-ring (bicyclic) bond motifs is 3. The molecule has 0 spiro atoms. The lowest BCUT2D eigenvalue weighted by Crippen LogP contribution is -2.34. The van der Waals surface area contributed by atoms with Gasteiger partial charge in [-0.05, 0) is 25.2 Å². The summed E-state index contributed by atoms with van der Waals surface area (Å²) >= 11 is 3.30. The van der Waals surface area contributed by atoms with E-state index in [1.54, 1.807) is 30.2 Å². The van der Waals surface area contributed by atoms with Gasteiger partial charge in [-0.1, -0.05) is 18.7 Å². The lowest BCUT2D eigenvalue weighted by Gasteiger charge is -2.33. The Labute approximate surface area is 145 Å². The number of hydrogen-bond acceptors (Lipinski definition) is 7. The highest BCUT2D eigenvalue weighted by atomic mass is 32.2. The van der Waals surface area contributed by atoms with Crippen LogP contribution in [0.15, 0.2) is 5.16 Å². The summed E-state index contributed by atoms with van der Waals surface area (Å²) in [5.74, 6) is 0.925. The summed E-state index contributed by atoms with van der Waals surface area (Å²) in [6.07, 6.45) is 3.92. The van der Waals surface area contributed by atoms with Crippen LogP contribution in [0.25, 0.3) is 10.2 Å². The van der Waals surface area contributed by atoms with Gasteiger partial charge in [0.15, 0.2) is 5.16 Å². The Hall–Kier alpha value is -0.890. The molecular formula is C16H23N3O2S2. The molecule has 3 heterocycles. The van der Waals surface area contributed by atoms with E-state index in [-0.39, 0.29) is 5.60 Å². The molecule has 0 saturated heterocycles. The van der Waals surface area contributed by atoms with Crippen molar-refractivity contribution in [2.75, 3.05) is 31.8 Å². The predicted octanol–water partition coefficient (Wildman–Crippen LogP) is 3.71. The van der Waals surface area contributed by atoms with Crippen molar-refractivity contribution in [3.63, 3.8) is 0 Å². The van der Waals surface area contributed by atoms with Gasteiger partial charge in [-0.15, -0.1) is 11.3 Å². The second-order valence-electron chi connectivity index (χ2n) is 5.93. The third kappa shape index (κ3) is 3.33. The minimum atomic E-state index is -0.0943. The number of methoxy groups -OCH3 is 1. The maximum Gasteiger partial charge on any atom is 0.190 e. The van der Waals surface area contributed by atoms with Crippen molar-refractivity contribution in [3.05, 3.63) is 10.4 Å². The van der Waals surface area contributed by atoms with E-state index in [4.69, 9.17) is 19.4 Å². The van der Waals surface area contributed by atoms with Gasteiger partial charge in [-0.2, -0.15) is 0 Å². The highest BCUT2D eigenvalue weighted by Gasteiger charge is 2.33. The van der Waals surface area contributed by atoms with Crippen molar-refractivity contribution in [2.24, 2.45) is 0 Å². The molecule has 1 atom stereocenters. The van der Waals surface area contributed by atoms with Gasteiger partial charge in [-0.3, -0.25) is 0 Å². The Bertz CT molecular complexity index is 704. The molecule has 2 aromatic heterocycles. The minimum Gasteiger partial charge on any atom is -0.383 e. The monoisotopic (exact) mass is 353 g/mol. The molecule has 0 saturated carbocycles. The van der Waals surface area contributed by atoms with Gasteiger partial charge < -0.3 is 14.8 Å². The third-order valence-electron chi connectivity index (χ3n) is 4.35. The summed E-state index contributed by atoms with van der Waals surface area (Å²) in [4.78, 5) is 11.7.